The molecule has 0 saturated heterocycles. The van der Waals surface area contributed by atoms with Crippen molar-refractivity contribution < 1.29 is 17.3 Å². The lowest BCUT2D eigenvalue weighted by Gasteiger charge is -2.07. The maximum Gasteiger partial charge on any atom is 0.297 e. The van der Waals surface area contributed by atoms with Gasteiger partial charge in [0.25, 0.3) is 10.1 Å². The molecule has 0 aliphatic carbocycles. The highest BCUT2D eigenvalue weighted by molar-refractivity contribution is 7.97. The fourth-order valence-corrected chi connectivity index (χ4v) is 5.89. The van der Waals surface area contributed by atoms with Crippen LogP contribution in [0.5, 0.6) is 0 Å². The molecule has 0 aromatic heterocycles. The van der Waals surface area contributed by atoms with Crippen molar-refractivity contribution >= 4 is 21.0 Å². The number of unbranched alkanes of at least 4 members (excludes halogenated alkanes) is 5. The summed E-state index contributed by atoms with van der Waals surface area (Å²) in [5.41, 5.74) is 0. The molecule has 0 amide bonds. The zero-order valence-electron chi connectivity index (χ0n) is 18.5. The fourth-order valence-electron chi connectivity index (χ4n) is 3.17. The van der Waals surface area contributed by atoms with Crippen LogP contribution in [-0.2, 0) is 25.4 Å². The first-order valence-electron chi connectivity index (χ1n) is 11.0. The van der Waals surface area contributed by atoms with Crippen LogP contribution < -0.4 is 0 Å². The molecule has 0 unspecified atom stereocenters. The van der Waals surface area contributed by atoms with Crippen LogP contribution in [0.3, 0.4) is 0 Å². The van der Waals surface area contributed by atoms with E-state index in [0.29, 0.717) is 6.42 Å². The first-order valence-corrected chi connectivity index (χ1v) is 13.8. The van der Waals surface area contributed by atoms with Crippen molar-refractivity contribution in [3.63, 3.8) is 0 Å². The summed E-state index contributed by atoms with van der Waals surface area (Å²) in [5, 5.41) is 0. The Hall–Kier alpha value is -2.15. The van der Waals surface area contributed by atoms with E-state index >= 15 is 0 Å². The van der Waals surface area contributed by atoms with Gasteiger partial charge >= 0.3 is 0 Å². The van der Waals surface area contributed by atoms with Crippen LogP contribution in [0.1, 0.15) is 45.4 Å². The molecule has 0 atom stereocenters. The smallest absolute Gasteiger partial charge is 0.197 e. The van der Waals surface area contributed by atoms with Crippen LogP contribution in [0, 0.1) is 0 Å². The lowest BCUT2D eigenvalue weighted by atomic mass is 10.1. The Kier molecular flexibility index (Phi) is 12.1. The third kappa shape index (κ3) is 9.55. The highest BCUT2D eigenvalue weighted by Gasteiger charge is 2.27. The molecule has 32 heavy (non-hydrogen) atoms. The quantitative estimate of drug-likeness (QED) is 0.215. The van der Waals surface area contributed by atoms with Crippen LogP contribution in [-0.4, -0.2) is 14.2 Å². The largest absolute Gasteiger partial charge is 0.297 e. The molecular weight excluding hydrogens is 443 g/mol. The van der Waals surface area contributed by atoms with E-state index in [2.05, 4.69) is 102 Å². The summed E-state index contributed by atoms with van der Waals surface area (Å²) in [4.78, 5) is 4.08. The second-order valence-electron chi connectivity index (χ2n) is 7.34. The van der Waals surface area contributed by atoms with Crippen LogP contribution in [0.2, 0.25) is 0 Å². The van der Waals surface area contributed by atoms with Gasteiger partial charge in [0.15, 0.2) is 14.7 Å². The maximum absolute atomic E-state index is 11.3. The average Bonchev–Trinajstić information content (AvgIpc) is 2.84. The normalized spacial score (nSPS) is 11.1. The molecule has 0 bridgehead atoms. The van der Waals surface area contributed by atoms with Gasteiger partial charge in [0.1, 0.15) is 0 Å². The minimum absolute atomic E-state index is 0.0146. The zero-order valence-corrected chi connectivity index (χ0v) is 20.2. The number of hydrogen-bond donors (Lipinski definition) is 0. The van der Waals surface area contributed by atoms with Crippen molar-refractivity contribution in [2.45, 2.75) is 60.1 Å². The Morgan fingerprint density at radius 3 is 1.41 bits per heavy atom. The predicted molar refractivity (Wildman–Crippen MR) is 131 cm³/mol. The highest BCUT2D eigenvalue weighted by Crippen LogP contribution is 2.30. The molecule has 0 aliphatic rings. The molecule has 172 valence electrons. The Bertz CT molecular complexity index is 872. The number of benzene rings is 3. The molecule has 0 N–H and O–H groups in total. The van der Waals surface area contributed by atoms with E-state index < -0.39 is 10.1 Å². The third-order valence-electron chi connectivity index (χ3n) is 4.78. The Balaban J connectivity index is 0.000000247. The molecule has 6 heteroatoms. The summed E-state index contributed by atoms with van der Waals surface area (Å²) in [5.74, 6) is -0.213. The summed E-state index contributed by atoms with van der Waals surface area (Å²) in [6.45, 7) is 2.11. The minimum atomic E-state index is -3.88. The van der Waals surface area contributed by atoms with Crippen molar-refractivity contribution in [1.82, 2.24) is 0 Å². The van der Waals surface area contributed by atoms with Crippen LogP contribution in [0.4, 0.5) is 4.53 Å². The van der Waals surface area contributed by atoms with Gasteiger partial charge in [0, 0.05) is 0 Å². The Labute approximate surface area is 195 Å². The summed E-state index contributed by atoms with van der Waals surface area (Å²) in [6, 6.07) is 32.2. The Morgan fingerprint density at radius 2 is 1.03 bits per heavy atom. The highest BCUT2D eigenvalue weighted by atomic mass is 32.2. The van der Waals surface area contributed by atoms with E-state index in [4.69, 9.17) is 0 Å². The lowest BCUT2D eigenvalue weighted by Crippen LogP contribution is -2.05. The molecule has 0 fully saturated rings. The van der Waals surface area contributed by atoms with Gasteiger partial charge in [-0.15, -0.1) is 0 Å². The van der Waals surface area contributed by atoms with E-state index in [1.807, 2.05) is 0 Å². The van der Waals surface area contributed by atoms with E-state index in [1.165, 1.54) is 21.1 Å². The summed E-state index contributed by atoms with van der Waals surface area (Å²) in [6.07, 6.45) is 5.76. The van der Waals surface area contributed by atoms with Crippen molar-refractivity contribution in [3.05, 3.63) is 91.0 Å². The zero-order chi connectivity index (χ0) is 23.1. The minimum Gasteiger partial charge on any atom is -0.197 e. The van der Waals surface area contributed by atoms with E-state index in [9.17, 15) is 12.9 Å². The van der Waals surface area contributed by atoms with Gasteiger partial charge in [0.2, 0.25) is 0 Å². The lowest BCUT2D eigenvalue weighted by molar-refractivity contribution is 0.00288. The van der Waals surface area contributed by atoms with E-state index in [1.54, 1.807) is 0 Å². The van der Waals surface area contributed by atoms with Crippen molar-refractivity contribution in [2.24, 2.45) is 0 Å². The van der Waals surface area contributed by atoms with Crippen LogP contribution in [0.15, 0.2) is 106 Å². The molecule has 0 radical (unpaired) electrons. The van der Waals surface area contributed by atoms with Crippen molar-refractivity contribution in [2.75, 3.05) is 5.75 Å². The third-order valence-corrected chi connectivity index (χ3v) is 7.99. The molecule has 0 saturated carbocycles. The van der Waals surface area contributed by atoms with Gasteiger partial charge in [-0.25, -0.2) is 0 Å². The number of rotatable bonds is 11. The summed E-state index contributed by atoms with van der Waals surface area (Å²) >= 11 is 0. The topological polar surface area (TPSA) is 43.4 Å². The standard InChI is InChI=1S/C18H15S.C8H17FO3S/c1-4-10-16(11-5-1)19(17-12-6-2-7-13-17)18-14-8-3-9-15-18;1-2-3-4-5-6-7-8-13(10,11)12-9/h1-15H;2-8H2,1H3/q+1;. The number of hydrogen-bond acceptors (Lipinski definition) is 3. The second kappa shape index (κ2) is 14.8. The molecule has 3 aromatic rings. The van der Waals surface area contributed by atoms with Gasteiger partial charge in [-0.1, -0.05) is 98.0 Å². The molecule has 0 aliphatic heterocycles. The van der Waals surface area contributed by atoms with E-state index in [0.717, 1.165) is 25.7 Å². The summed E-state index contributed by atoms with van der Waals surface area (Å²) in [7, 11) is -3.89. The van der Waals surface area contributed by atoms with Gasteiger partial charge in [-0.3, -0.25) is 0 Å². The molecule has 3 nitrogen and oxygen atoms in total. The first-order chi connectivity index (χ1) is 15.6. The molecule has 3 rings (SSSR count). The maximum atomic E-state index is 11.3. The molecule has 0 heterocycles. The molecule has 3 aromatic carbocycles. The van der Waals surface area contributed by atoms with Crippen molar-refractivity contribution in [1.29, 1.82) is 0 Å². The van der Waals surface area contributed by atoms with Gasteiger partial charge in [0.05, 0.1) is 16.6 Å². The predicted octanol–water partition coefficient (Wildman–Crippen LogP) is 7.36. The van der Waals surface area contributed by atoms with Gasteiger partial charge in [-0.2, -0.15) is 8.42 Å². The van der Waals surface area contributed by atoms with Crippen LogP contribution >= 0.6 is 0 Å². The van der Waals surface area contributed by atoms with Gasteiger partial charge in [-0.05, 0) is 47.3 Å². The monoisotopic (exact) mass is 475 g/mol. The van der Waals surface area contributed by atoms with E-state index in [-0.39, 0.29) is 16.6 Å². The number of halogens is 1. The van der Waals surface area contributed by atoms with Crippen LogP contribution in [0.25, 0.3) is 0 Å². The second-order valence-corrected chi connectivity index (χ2v) is 11.0. The Morgan fingerprint density at radius 1 is 0.656 bits per heavy atom. The SMILES string of the molecule is CCCCCCCCS(=O)(=O)OF.c1ccc([S+](c2ccccc2)c2ccccc2)cc1. The summed E-state index contributed by atoms with van der Waals surface area (Å²) < 4.78 is 35.1. The molecule has 0 spiro atoms. The van der Waals surface area contributed by atoms with Gasteiger partial charge < -0.3 is 0 Å². The molecular formula is C26H32FO3S2+. The average molecular weight is 476 g/mol. The van der Waals surface area contributed by atoms with Crippen molar-refractivity contribution in [3.8, 4) is 0 Å². The fraction of sp³-hybridized carbons (Fsp3) is 0.308. The first kappa shape index (κ1) is 26.1.